The Morgan fingerprint density at radius 2 is 1.45 bits per heavy atom. The number of aromatic nitrogens is 1. The molecule has 2 heterocycles. The van der Waals surface area contributed by atoms with Crippen LogP contribution in [-0.4, -0.2) is 40.3 Å². The van der Waals surface area contributed by atoms with E-state index in [0.717, 1.165) is 65.7 Å². The summed E-state index contributed by atoms with van der Waals surface area (Å²) in [6.45, 7) is 0.919. The molecule has 0 aliphatic heterocycles. The number of carboxylic acid groups (broad SMARTS) is 2. The van der Waals surface area contributed by atoms with Crippen LogP contribution in [0, 0.1) is 0 Å². The van der Waals surface area contributed by atoms with E-state index in [0.29, 0.717) is 25.2 Å². The summed E-state index contributed by atoms with van der Waals surface area (Å²) in [4.78, 5) is 26.2. The van der Waals surface area contributed by atoms with Crippen molar-refractivity contribution >= 4 is 23.3 Å². The first-order valence-corrected chi connectivity index (χ1v) is 15.3. The third-order valence-electron chi connectivity index (χ3n) is 7.00. The summed E-state index contributed by atoms with van der Waals surface area (Å²) in [7, 11) is 0. The number of ether oxygens (including phenoxy) is 2. The highest BCUT2D eigenvalue weighted by Gasteiger charge is 2.12. The number of unbranched alkanes of at least 4 members (excludes halogenated alkanes) is 3. The lowest BCUT2D eigenvalue weighted by Gasteiger charge is -2.15. The molecule has 0 radical (unpaired) electrons. The van der Waals surface area contributed by atoms with Crippen LogP contribution in [0.3, 0.4) is 0 Å². The molecule has 0 spiro atoms. The molecule has 2 aromatic heterocycles. The molecule has 0 unspecified atom stereocenters. The lowest BCUT2D eigenvalue weighted by molar-refractivity contribution is -0.138. The van der Waals surface area contributed by atoms with Crippen molar-refractivity contribution in [2.75, 3.05) is 13.2 Å². The largest absolute Gasteiger partial charge is 0.494 e. The van der Waals surface area contributed by atoms with Crippen molar-refractivity contribution in [1.82, 2.24) is 4.98 Å². The number of aryl methyl sites for hydroxylation is 1. The molecule has 2 N–H and O–H groups in total. The molecule has 0 saturated carbocycles. The smallest absolute Gasteiger partial charge is 0.303 e. The normalized spacial score (nSPS) is 10.9. The Kier molecular flexibility index (Phi) is 12.0. The molecule has 0 bridgehead atoms. The minimum absolute atomic E-state index is 0.0241. The van der Waals surface area contributed by atoms with Crippen LogP contribution in [0.2, 0.25) is 0 Å². The molecular weight excluding hydrogens is 550 g/mol. The van der Waals surface area contributed by atoms with Crippen LogP contribution in [-0.2, 0) is 22.4 Å². The third kappa shape index (κ3) is 9.73. The molecule has 0 fully saturated rings. The Bertz CT molecular complexity index is 1420. The molecule has 42 heavy (non-hydrogen) atoms. The summed E-state index contributed by atoms with van der Waals surface area (Å²) in [6, 6.07) is 18.3. The van der Waals surface area contributed by atoms with Gasteiger partial charge in [-0.2, -0.15) is 11.3 Å². The van der Waals surface area contributed by atoms with Gasteiger partial charge in [0.05, 0.1) is 13.2 Å². The Labute approximate surface area is 250 Å². The van der Waals surface area contributed by atoms with Crippen molar-refractivity contribution in [1.29, 1.82) is 0 Å². The van der Waals surface area contributed by atoms with Crippen LogP contribution in [0.4, 0.5) is 0 Å². The van der Waals surface area contributed by atoms with Gasteiger partial charge in [0.25, 0.3) is 0 Å². The first kappa shape index (κ1) is 30.8. The first-order valence-electron chi connectivity index (χ1n) is 14.4. The van der Waals surface area contributed by atoms with Crippen LogP contribution in [0.25, 0.3) is 22.3 Å². The number of hydrogen-bond donors (Lipinski definition) is 2. The van der Waals surface area contributed by atoms with Crippen LogP contribution < -0.4 is 9.47 Å². The van der Waals surface area contributed by atoms with Gasteiger partial charge in [0.2, 0.25) is 0 Å². The number of carbonyl (C=O) groups is 2. The molecule has 0 saturated heterocycles. The standard InChI is InChI=1S/C34H37NO6S/c36-33(37)10-6-19-41-32-9-5-8-26(31(32)11-12-34(38)39)7-3-1-2-4-18-40-30-22-28(25-13-16-35-17-14-25)21-29(23-30)27-15-20-42-24-27/h5,8-9,13-17,20-24H,1-4,6-7,10-12,18-19H2,(H,36,37)(H,38,39). The quantitative estimate of drug-likeness (QED) is 0.114. The second kappa shape index (κ2) is 16.3. The van der Waals surface area contributed by atoms with E-state index in [1.54, 1.807) is 23.7 Å². The summed E-state index contributed by atoms with van der Waals surface area (Å²) in [5.74, 6) is -0.196. The fraction of sp³-hybridized carbons (Fsp3) is 0.324. The van der Waals surface area contributed by atoms with E-state index in [1.807, 2.05) is 30.3 Å². The SMILES string of the molecule is O=C(O)CCCOc1cccc(CCCCCCOc2cc(-c3ccncc3)cc(-c3ccsc3)c2)c1CCC(=O)O. The summed E-state index contributed by atoms with van der Waals surface area (Å²) in [5.41, 5.74) is 6.52. The van der Waals surface area contributed by atoms with Crippen molar-refractivity contribution < 1.29 is 29.3 Å². The molecule has 7 nitrogen and oxygen atoms in total. The average molecular weight is 588 g/mol. The molecule has 0 atom stereocenters. The van der Waals surface area contributed by atoms with Gasteiger partial charge in [0.15, 0.2) is 0 Å². The van der Waals surface area contributed by atoms with E-state index < -0.39 is 11.9 Å². The van der Waals surface area contributed by atoms with Gasteiger partial charge < -0.3 is 19.7 Å². The van der Waals surface area contributed by atoms with Crippen molar-refractivity contribution in [2.45, 2.75) is 57.8 Å². The van der Waals surface area contributed by atoms with Crippen LogP contribution in [0.15, 0.2) is 77.8 Å². The van der Waals surface area contributed by atoms with Crippen molar-refractivity contribution in [3.05, 3.63) is 88.9 Å². The van der Waals surface area contributed by atoms with Crippen molar-refractivity contribution in [3.8, 4) is 33.8 Å². The number of carboxylic acids is 2. The number of rotatable bonds is 18. The maximum absolute atomic E-state index is 11.2. The van der Waals surface area contributed by atoms with Gasteiger partial charge in [-0.05, 0) is 119 Å². The molecule has 0 aliphatic carbocycles. The van der Waals surface area contributed by atoms with Gasteiger partial charge in [-0.3, -0.25) is 14.6 Å². The molecule has 4 rings (SSSR count). The van der Waals surface area contributed by atoms with E-state index in [1.165, 1.54) is 5.56 Å². The molecule has 0 aliphatic rings. The third-order valence-corrected chi connectivity index (χ3v) is 7.68. The Balaban J connectivity index is 1.28. The van der Waals surface area contributed by atoms with Gasteiger partial charge in [-0.15, -0.1) is 0 Å². The van der Waals surface area contributed by atoms with Crippen LogP contribution >= 0.6 is 11.3 Å². The van der Waals surface area contributed by atoms with Crippen LogP contribution in [0.1, 0.15) is 56.1 Å². The summed E-state index contributed by atoms with van der Waals surface area (Å²) >= 11 is 1.68. The maximum atomic E-state index is 11.2. The predicted octanol–water partition coefficient (Wildman–Crippen LogP) is 7.92. The number of pyridine rings is 1. The molecule has 220 valence electrons. The topological polar surface area (TPSA) is 106 Å². The molecule has 4 aromatic rings. The maximum Gasteiger partial charge on any atom is 0.303 e. The average Bonchev–Trinajstić information content (AvgIpc) is 3.54. The lowest BCUT2D eigenvalue weighted by atomic mass is 9.97. The summed E-state index contributed by atoms with van der Waals surface area (Å²) < 4.78 is 12.1. The fourth-order valence-electron chi connectivity index (χ4n) is 4.85. The Morgan fingerprint density at radius 3 is 2.19 bits per heavy atom. The fourth-order valence-corrected chi connectivity index (χ4v) is 5.52. The van der Waals surface area contributed by atoms with E-state index in [4.69, 9.17) is 14.6 Å². The molecular formula is C34H37NO6S. The zero-order valence-electron chi connectivity index (χ0n) is 23.7. The van der Waals surface area contributed by atoms with Gasteiger partial charge >= 0.3 is 11.9 Å². The molecule has 8 heteroatoms. The first-order chi connectivity index (χ1) is 20.5. The molecule has 0 amide bonds. The monoisotopic (exact) mass is 587 g/mol. The predicted molar refractivity (Wildman–Crippen MR) is 165 cm³/mol. The lowest BCUT2D eigenvalue weighted by Crippen LogP contribution is -2.07. The number of nitrogens with zero attached hydrogens (tertiary/aromatic N) is 1. The number of benzene rings is 2. The van der Waals surface area contributed by atoms with E-state index in [9.17, 15) is 14.7 Å². The minimum Gasteiger partial charge on any atom is -0.494 e. The van der Waals surface area contributed by atoms with E-state index in [2.05, 4.69) is 40.0 Å². The van der Waals surface area contributed by atoms with E-state index >= 15 is 0 Å². The van der Waals surface area contributed by atoms with Gasteiger partial charge in [0, 0.05) is 25.2 Å². The second-order valence-corrected chi connectivity index (χ2v) is 10.9. The zero-order chi connectivity index (χ0) is 29.6. The van der Waals surface area contributed by atoms with Crippen molar-refractivity contribution in [2.24, 2.45) is 0 Å². The van der Waals surface area contributed by atoms with Crippen LogP contribution in [0.5, 0.6) is 11.5 Å². The minimum atomic E-state index is -0.856. The van der Waals surface area contributed by atoms with E-state index in [-0.39, 0.29) is 19.4 Å². The highest BCUT2D eigenvalue weighted by Crippen LogP contribution is 2.32. The van der Waals surface area contributed by atoms with Gasteiger partial charge in [-0.1, -0.05) is 25.0 Å². The van der Waals surface area contributed by atoms with Gasteiger partial charge in [-0.25, -0.2) is 0 Å². The number of thiophene rings is 1. The van der Waals surface area contributed by atoms with Gasteiger partial charge in [0.1, 0.15) is 11.5 Å². The molecule has 2 aromatic carbocycles. The summed E-state index contributed by atoms with van der Waals surface area (Å²) in [6.07, 6.45) is 9.26. The Morgan fingerprint density at radius 1 is 0.714 bits per heavy atom. The number of aliphatic carboxylic acids is 2. The highest BCUT2D eigenvalue weighted by molar-refractivity contribution is 7.08. The summed E-state index contributed by atoms with van der Waals surface area (Å²) in [5, 5.41) is 22.3. The second-order valence-electron chi connectivity index (χ2n) is 10.1. The zero-order valence-corrected chi connectivity index (χ0v) is 24.5. The highest BCUT2D eigenvalue weighted by atomic mass is 32.1. The number of hydrogen-bond acceptors (Lipinski definition) is 6. The Hall–Kier alpha value is -4.17. The van der Waals surface area contributed by atoms with Crippen molar-refractivity contribution in [3.63, 3.8) is 0 Å².